The molecule has 2 aliphatic heterocycles. The Morgan fingerprint density at radius 1 is 1.00 bits per heavy atom. The van der Waals surface area contributed by atoms with Crippen LogP contribution in [0.25, 0.3) is 0 Å². The summed E-state index contributed by atoms with van der Waals surface area (Å²) in [5.41, 5.74) is 7.40. The number of carbonyl (C=O) groups excluding carboxylic acids is 2. The van der Waals surface area contributed by atoms with Gasteiger partial charge in [-0.05, 0) is 62.8 Å². The molecule has 2 N–H and O–H groups in total. The second-order valence-electron chi connectivity index (χ2n) is 7.95. The monoisotopic (exact) mass is 407 g/mol. The first kappa shape index (κ1) is 20.8. The Balaban J connectivity index is 1.63. The standard InChI is InChI=1S/C20H29N3O4S/c1-14-5-6-18(12-15(14)2)28(26,27)23-10-7-16(8-11-23)20(25)22-9-3-4-17(13-22)19(21)24/h5-6,12,16-17H,3-4,7-11,13H2,1-2H3,(H2,21,24)/t17-/m1/s1. The summed E-state index contributed by atoms with van der Waals surface area (Å²) in [5, 5.41) is 0. The van der Waals surface area contributed by atoms with E-state index in [-0.39, 0.29) is 23.7 Å². The number of nitrogens with two attached hydrogens (primary N) is 1. The number of amides is 2. The molecule has 2 saturated heterocycles. The van der Waals surface area contributed by atoms with E-state index in [1.807, 2.05) is 19.9 Å². The van der Waals surface area contributed by atoms with E-state index >= 15 is 0 Å². The quantitative estimate of drug-likeness (QED) is 0.816. The second kappa shape index (κ2) is 8.21. The second-order valence-corrected chi connectivity index (χ2v) is 9.89. The first-order chi connectivity index (χ1) is 13.2. The van der Waals surface area contributed by atoms with Gasteiger partial charge in [-0.25, -0.2) is 8.42 Å². The van der Waals surface area contributed by atoms with Crippen LogP contribution in [0.2, 0.25) is 0 Å². The van der Waals surface area contributed by atoms with Crippen LogP contribution in [0.4, 0.5) is 0 Å². The highest BCUT2D eigenvalue weighted by molar-refractivity contribution is 7.89. The first-order valence-corrected chi connectivity index (χ1v) is 11.3. The molecule has 7 nitrogen and oxygen atoms in total. The number of hydrogen-bond donors (Lipinski definition) is 1. The molecule has 0 aliphatic carbocycles. The molecule has 1 atom stereocenters. The van der Waals surface area contributed by atoms with Gasteiger partial charge in [0.15, 0.2) is 0 Å². The lowest BCUT2D eigenvalue weighted by molar-refractivity contribution is -0.139. The number of carbonyl (C=O) groups is 2. The fourth-order valence-electron chi connectivity index (χ4n) is 4.03. The molecule has 3 rings (SSSR count). The minimum atomic E-state index is -3.55. The average Bonchev–Trinajstić information content (AvgIpc) is 2.69. The van der Waals surface area contributed by atoms with Crippen LogP contribution in [0.1, 0.15) is 36.8 Å². The Morgan fingerprint density at radius 3 is 2.29 bits per heavy atom. The predicted molar refractivity (Wildman–Crippen MR) is 106 cm³/mol. The zero-order valence-corrected chi connectivity index (χ0v) is 17.4. The fourth-order valence-corrected chi connectivity index (χ4v) is 5.59. The Bertz CT molecular complexity index is 860. The Labute approximate surface area is 166 Å². The third-order valence-corrected chi connectivity index (χ3v) is 7.95. The highest BCUT2D eigenvalue weighted by atomic mass is 32.2. The lowest BCUT2D eigenvalue weighted by atomic mass is 9.92. The highest BCUT2D eigenvalue weighted by Gasteiger charge is 2.35. The molecular formula is C20H29N3O4S. The smallest absolute Gasteiger partial charge is 0.243 e. The molecule has 2 fully saturated rings. The van der Waals surface area contributed by atoms with E-state index in [1.54, 1.807) is 17.0 Å². The van der Waals surface area contributed by atoms with E-state index in [9.17, 15) is 18.0 Å². The molecule has 0 bridgehead atoms. The van der Waals surface area contributed by atoms with Crippen molar-refractivity contribution in [2.45, 2.75) is 44.4 Å². The van der Waals surface area contributed by atoms with Gasteiger partial charge < -0.3 is 10.6 Å². The minimum Gasteiger partial charge on any atom is -0.369 e. The van der Waals surface area contributed by atoms with Crippen LogP contribution in [0.5, 0.6) is 0 Å². The van der Waals surface area contributed by atoms with Crippen molar-refractivity contribution >= 4 is 21.8 Å². The number of piperidine rings is 2. The molecule has 154 valence electrons. The molecule has 0 spiro atoms. The lowest BCUT2D eigenvalue weighted by Gasteiger charge is -2.36. The van der Waals surface area contributed by atoms with E-state index in [0.717, 1.165) is 24.0 Å². The molecule has 1 aromatic rings. The van der Waals surface area contributed by atoms with Gasteiger partial charge in [-0.15, -0.1) is 0 Å². The van der Waals surface area contributed by atoms with Crippen LogP contribution in [-0.4, -0.2) is 55.6 Å². The van der Waals surface area contributed by atoms with Gasteiger partial charge >= 0.3 is 0 Å². The van der Waals surface area contributed by atoms with Crippen molar-refractivity contribution in [3.63, 3.8) is 0 Å². The first-order valence-electron chi connectivity index (χ1n) is 9.85. The van der Waals surface area contributed by atoms with Crippen LogP contribution in [0, 0.1) is 25.7 Å². The van der Waals surface area contributed by atoms with Crippen LogP contribution in [0.15, 0.2) is 23.1 Å². The molecular weight excluding hydrogens is 378 g/mol. The Morgan fingerprint density at radius 2 is 1.68 bits per heavy atom. The van der Waals surface area contributed by atoms with Gasteiger partial charge in [0.2, 0.25) is 21.8 Å². The van der Waals surface area contributed by atoms with Gasteiger partial charge in [0.1, 0.15) is 0 Å². The van der Waals surface area contributed by atoms with Gasteiger partial charge in [-0.1, -0.05) is 6.07 Å². The van der Waals surface area contributed by atoms with Gasteiger partial charge in [0.25, 0.3) is 0 Å². The van der Waals surface area contributed by atoms with Gasteiger partial charge in [-0.2, -0.15) is 4.31 Å². The molecule has 0 saturated carbocycles. The van der Waals surface area contributed by atoms with E-state index in [1.165, 1.54) is 4.31 Å². The zero-order valence-electron chi connectivity index (χ0n) is 16.6. The van der Waals surface area contributed by atoms with Gasteiger partial charge in [-0.3, -0.25) is 9.59 Å². The predicted octanol–water partition coefficient (Wildman–Crippen LogP) is 1.43. The number of likely N-dealkylation sites (tertiary alicyclic amines) is 1. The van der Waals surface area contributed by atoms with Crippen molar-refractivity contribution in [1.82, 2.24) is 9.21 Å². The van der Waals surface area contributed by atoms with Gasteiger partial charge in [0.05, 0.1) is 10.8 Å². The number of sulfonamides is 1. The van der Waals surface area contributed by atoms with Crippen molar-refractivity contribution in [2.24, 2.45) is 17.6 Å². The topological polar surface area (TPSA) is 101 Å². The Kier molecular flexibility index (Phi) is 6.09. The largest absolute Gasteiger partial charge is 0.369 e. The van der Waals surface area contributed by atoms with Crippen LogP contribution in [0.3, 0.4) is 0 Å². The van der Waals surface area contributed by atoms with Crippen LogP contribution < -0.4 is 5.73 Å². The lowest BCUT2D eigenvalue weighted by Crippen LogP contribution is -2.48. The van der Waals surface area contributed by atoms with E-state index in [4.69, 9.17) is 5.73 Å². The van der Waals surface area contributed by atoms with E-state index in [2.05, 4.69) is 0 Å². The number of rotatable bonds is 4. The number of hydrogen-bond acceptors (Lipinski definition) is 4. The summed E-state index contributed by atoms with van der Waals surface area (Å²) < 4.78 is 27.3. The van der Waals surface area contributed by atoms with Crippen LogP contribution >= 0.6 is 0 Å². The van der Waals surface area contributed by atoms with Crippen molar-refractivity contribution < 1.29 is 18.0 Å². The third-order valence-electron chi connectivity index (χ3n) is 6.05. The minimum absolute atomic E-state index is 0.0224. The number of nitrogens with zero attached hydrogens (tertiary/aromatic N) is 2. The summed E-state index contributed by atoms with van der Waals surface area (Å²) in [4.78, 5) is 26.3. The summed E-state index contributed by atoms with van der Waals surface area (Å²) in [7, 11) is -3.55. The average molecular weight is 408 g/mol. The fraction of sp³-hybridized carbons (Fsp3) is 0.600. The normalized spacial score (nSPS) is 22.2. The Hall–Kier alpha value is -1.93. The van der Waals surface area contributed by atoms with Gasteiger partial charge in [0, 0.05) is 32.1 Å². The molecule has 2 amide bonds. The maximum atomic E-state index is 12.9. The van der Waals surface area contributed by atoms with Crippen molar-refractivity contribution in [3.8, 4) is 0 Å². The van der Waals surface area contributed by atoms with Crippen molar-refractivity contribution in [3.05, 3.63) is 29.3 Å². The summed E-state index contributed by atoms with van der Waals surface area (Å²) in [5.74, 6) is -0.804. The molecule has 2 heterocycles. The third kappa shape index (κ3) is 4.22. The van der Waals surface area contributed by atoms with Crippen molar-refractivity contribution in [1.29, 1.82) is 0 Å². The maximum Gasteiger partial charge on any atom is 0.243 e. The highest BCUT2D eigenvalue weighted by Crippen LogP contribution is 2.27. The molecule has 0 unspecified atom stereocenters. The molecule has 1 aromatic carbocycles. The molecule has 28 heavy (non-hydrogen) atoms. The van der Waals surface area contributed by atoms with E-state index in [0.29, 0.717) is 43.9 Å². The van der Waals surface area contributed by atoms with Crippen molar-refractivity contribution in [2.75, 3.05) is 26.2 Å². The summed E-state index contributed by atoms with van der Waals surface area (Å²) in [6, 6.07) is 5.18. The van der Waals surface area contributed by atoms with E-state index < -0.39 is 10.0 Å². The molecule has 8 heteroatoms. The summed E-state index contributed by atoms with van der Waals surface area (Å²) in [6.07, 6.45) is 2.51. The molecule has 0 aromatic heterocycles. The van der Waals surface area contributed by atoms with Crippen LogP contribution in [-0.2, 0) is 19.6 Å². The molecule has 2 aliphatic rings. The number of primary amides is 1. The maximum absolute atomic E-state index is 12.9. The SMILES string of the molecule is Cc1ccc(S(=O)(=O)N2CCC(C(=O)N3CCC[C@@H](C(N)=O)C3)CC2)cc1C. The summed E-state index contributed by atoms with van der Waals surface area (Å²) in [6.45, 7) is 5.54. The molecule has 0 radical (unpaired) electrons. The number of benzene rings is 1. The number of aryl methyl sites for hydroxylation is 2. The summed E-state index contributed by atoms with van der Waals surface area (Å²) >= 11 is 0. The zero-order chi connectivity index (χ0) is 20.5.